The third kappa shape index (κ3) is 4.01. The SMILES string of the molecule is C=C(Cc1cn(C)cc(-c2cccc(C(F)(F)F)c2)c1=S)OC. The fourth-order valence-corrected chi connectivity index (χ4v) is 2.55. The van der Waals surface area contributed by atoms with Gasteiger partial charge >= 0.3 is 6.18 Å². The summed E-state index contributed by atoms with van der Waals surface area (Å²) in [5.74, 6) is 0.539. The Kier molecular flexibility index (Phi) is 4.94. The Morgan fingerprint density at radius 1 is 1.30 bits per heavy atom. The van der Waals surface area contributed by atoms with Gasteiger partial charge in [-0.1, -0.05) is 30.9 Å². The van der Waals surface area contributed by atoms with Crippen molar-refractivity contribution in [1.29, 1.82) is 0 Å². The minimum atomic E-state index is -4.39. The summed E-state index contributed by atoms with van der Waals surface area (Å²) in [4.78, 5) is 0. The summed E-state index contributed by atoms with van der Waals surface area (Å²) in [6.45, 7) is 3.76. The van der Waals surface area contributed by atoms with E-state index in [0.717, 1.165) is 17.7 Å². The first kappa shape index (κ1) is 17.3. The summed E-state index contributed by atoms with van der Waals surface area (Å²) in [7, 11) is 3.31. The fraction of sp³-hybridized carbons (Fsp3) is 0.235. The molecule has 2 aromatic rings. The number of allylic oxidation sites excluding steroid dienone is 1. The molecule has 1 heterocycles. The Hall–Kier alpha value is -2.08. The molecule has 1 aromatic carbocycles. The highest BCUT2D eigenvalue weighted by atomic mass is 32.1. The predicted molar refractivity (Wildman–Crippen MR) is 86.5 cm³/mol. The lowest BCUT2D eigenvalue weighted by atomic mass is 10.0. The van der Waals surface area contributed by atoms with Crippen LogP contribution in [0.15, 0.2) is 49.0 Å². The molecule has 0 aliphatic carbocycles. The first-order valence-electron chi connectivity index (χ1n) is 6.81. The molecule has 1 aromatic heterocycles. The van der Waals surface area contributed by atoms with Gasteiger partial charge < -0.3 is 9.30 Å². The number of methoxy groups -OCH3 is 1. The Morgan fingerprint density at radius 2 is 2.00 bits per heavy atom. The van der Waals surface area contributed by atoms with Crippen LogP contribution in [-0.2, 0) is 24.4 Å². The summed E-state index contributed by atoms with van der Waals surface area (Å²) >= 11 is 5.45. The quantitative estimate of drug-likeness (QED) is 0.565. The summed E-state index contributed by atoms with van der Waals surface area (Å²) in [6, 6.07) is 5.16. The summed E-state index contributed by atoms with van der Waals surface area (Å²) in [5, 5.41) is 0. The van der Waals surface area contributed by atoms with E-state index in [-0.39, 0.29) is 0 Å². The van der Waals surface area contributed by atoms with E-state index >= 15 is 0 Å². The van der Waals surface area contributed by atoms with Crippen LogP contribution in [0, 0.1) is 4.51 Å². The van der Waals surface area contributed by atoms with Crippen molar-refractivity contribution in [2.75, 3.05) is 7.11 Å². The number of nitrogens with zero attached hydrogens (tertiary/aromatic N) is 1. The molecule has 2 rings (SSSR count). The van der Waals surface area contributed by atoms with Crippen LogP contribution in [0.3, 0.4) is 0 Å². The van der Waals surface area contributed by atoms with Gasteiger partial charge in [0.2, 0.25) is 0 Å². The van der Waals surface area contributed by atoms with E-state index in [1.807, 2.05) is 6.20 Å². The molecule has 0 unspecified atom stereocenters. The Balaban J connectivity index is 2.56. The van der Waals surface area contributed by atoms with Crippen molar-refractivity contribution in [2.24, 2.45) is 7.05 Å². The van der Waals surface area contributed by atoms with Gasteiger partial charge in [-0.05, 0) is 23.3 Å². The number of pyridine rings is 1. The monoisotopic (exact) mass is 339 g/mol. The highest BCUT2D eigenvalue weighted by molar-refractivity contribution is 7.71. The van der Waals surface area contributed by atoms with Gasteiger partial charge in [-0.25, -0.2) is 0 Å². The molecule has 0 atom stereocenters. The summed E-state index contributed by atoms with van der Waals surface area (Å²) < 4.78 is 46.0. The molecular weight excluding hydrogens is 323 g/mol. The van der Waals surface area contributed by atoms with Crippen LogP contribution in [0.2, 0.25) is 0 Å². The van der Waals surface area contributed by atoms with E-state index in [1.165, 1.54) is 13.2 Å². The zero-order chi connectivity index (χ0) is 17.2. The third-order valence-electron chi connectivity index (χ3n) is 3.41. The van der Waals surface area contributed by atoms with Crippen LogP contribution in [0.5, 0.6) is 0 Å². The number of ether oxygens (including phenoxy) is 1. The second kappa shape index (κ2) is 6.58. The molecule has 0 bridgehead atoms. The number of halogens is 3. The Bertz CT molecular complexity index is 793. The Labute approximate surface area is 137 Å². The third-order valence-corrected chi connectivity index (χ3v) is 3.89. The van der Waals surface area contributed by atoms with Gasteiger partial charge in [0.05, 0.1) is 22.9 Å². The van der Waals surface area contributed by atoms with Crippen molar-refractivity contribution < 1.29 is 17.9 Å². The van der Waals surface area contributed by atoms with E-state index in [2.05, 4.69) is 6.58 Å². The smallest absolute Gasteiger partial charge is 0.416 e. The Morgan fingerprint density at radius 3 is 2.61 bits per heavy atom. The van der Waals surface area contributed by atoms with E-state index in [9.17, 15) is 13.2 Å². The van der Waals surface area contributed by atoms with Gasteiger partial charge in [0.15, 0.2) is 0 Å². The average molecular weight is 339 g/mol. The van der Waals surface area contributed by atoms with Crippen LogP contribution in [0.4, 0.5) is 13.2 Å². The van der Waals surface area contributed by atoms with Crippen molar-refractivity contribution in [3.8, 4) is 11.1 Å². The second-order valence-electron chi connectivity index (χ2n) is 5.19. The van der Waals surface area contributed by atoms with E-state index in [1.54, 1.807) is 23.9 Å². The number of benzene rings is 1. The molecule has 23 heavy (non-hydrogen) atoms. The van der Waals surface area contributed by atoms with Crippen LogP contribution < -0.4 is 0 Å². The number of aromatic nitrogens is 1. The largest absolute Gasteiger partial charge is 0.501 e. The second-order valence-corrected chi connectivity index (χ2v) is 5.60. The van der Waals surface area contributed by atoms with Crippen molar-refractivity contribution in [2.45, 2.75) is 12.6 Å². The zero-order valence-corrected chi connectivity index (χ0v) is 13.6. The molecule has 0 saturated carbocycles. The fourth-order valence-electron chi connectivity index (χ4n) is 2.26. The van der Waals surface area contributed by atoms with Crippen molar-refractivity contribution in [1.82, 2.24) is 4.57 Å². The van der Waals surface area contributed by atoms with E-state index in [0.29, 0.717) is 27.8 Å². The molecule has 6 heteroatoms. The van der Waals surface area contributed by atoms with E-state index in [4.69, 9.17) is 17.0 Å². The number of aryl methyl sites for hydroxylation is 1. The molecule has 122 valence electrons. The standard InChI is InChI=1S/C17H16F3NOS/c1-11(22-3)7-13-9-21(2)10-15(16(13)23)12-5-4-6-14(8-12)17(18,19)20/h4-6,8-10H,1,7H2,2-3H3. The number of rotatable bonds is 4. The van der Waals surface area contributed by atoms with Crippen molar-refractivity contribution >= 4 is 12.2 Å². The predicted octanol–water partition coefficient (Wildman–Crippen LogP) is 5.14. The molecule has 2 nitrogen and oxygen atoms in total. The molecular formula is C17H16F3NOS. The zero-order valence-electron chi connectivity index (χ0n) is 12.8. The van der Waals surface area contributed by atoms with Crippen molar-refractivity contribution in [3.63, 3.8) is 0 Å². The van der Waals surface area contributed by atoms with E-state index < -0.39 is 11.7 Å². The molecule has 0 fully saturated rings. The molecule has 0 aliphatic heterocycles. The topological polar surface area (TPSA) is 14.2 Å². The van der Waals surface area contributed by atoms with Gasteiger partial charge in [0.25, 0.3) is 0 Å². The van der Waals surface area contributed by atoms with Crippen LogP contribution in [0.25, 0.3) is 11.1 Å². The molecule has 0 aliphatic rings. The first-order chi connectivity index (χ1) is 10.7. The lowest BCUT2D eigenvalue weighted by molar-refractivity contribution is -0.137. The molecule has 0 N–H and O–H groups in total. The van der Waals surface area contributed by atoms with Crippen LogP contribution in [-0.4, -0.2) is 11.7 Å². The lowest BCUT2D eigenvalue weighted by Crippen LogP contribution is -2.05. The molecule has 0 radical (unpaired) electrons. The van der Waals surface area contributed by atoms with Gasteiger partial charge in [-0.3, -0.25) is 0 Å². The molecule has 0 spiro atoms. The van der Waals surface area contributed by atoms with Crippen LogP contribution in [0.1, 0.15) is 11.1 Å². The minimum absolute atomic E-state index is 0.413. The number of alkyl halides is 3. The number of hydrogen-bond donors (Lipinski definition) is 0. The maximum Gasteiger partial charge on any atom is 0.416 e. The maximum atomic E-state index is 12.9. The summed E-state index contributed by atoms with van der Waals surface area (Å²) in [5.41, 5.74) is 1.10. The van der Waals surface area contributed by atoms with Crippen molar-refractivity contribution in [3.05, 3.63) is 64.6 Å². The van der Waals surface area contributed by atoms with Gasteiger partial charge in [0, 0.05) is 31.4 Å². The lowest BCUT2D eigenvalue weighted by Gasteiger charge is -2.13. The summed E-state index contributed by atoms with van der Waals surface area (Å²) in [6.07, 6.45) is -0.432. The molecule has 0 amide bonds. The van der Waals surface area contributed by atoms with Gasteiger partial charge in [0.1, 0.15) is 0 Å². The first-order valence-corrected chi connectivity index (χ1v) is 7.21. The average Bonchev–Trinajstić information content (AvgIpc) is 2.49. The number of hydrogen-bond acceptors (Lipinski definition) is 2. The minimum Gasteiger partial charge on any atom is -0.501 e. The maximum absolute atomic E-state index is 12.9. The molecule has 0 saturated heterocycles. The van der Waals surface area contributed by atoms with Gasteiger partial charge in [-0.2, -0.15) is 13.2 Å². The highest BCUT2D eigenvalue weighted by Crippen LogP contribution is 2.33. The highest BCUT2D eigenvalue weighted by Gasteiger charge is 2.30. The van der Waals surface area contributed by atoms with Crippen LogP contribution >= 0.6 is 12.2 Å². The van der Waals surface area contributed by atoms with Gasteiger partial charge in [-0.15, -0.1) is 0 Å². The normalized spacial score (nSPS) is 11.3.